The molecule has 150 valence electrons. The van der Waals surface area contributed by atoms with E-state index in [9.17, 15) is 22.8 Å². The van der Waals surface area contributed by atoms with Crippen molar-refractivity contribution in [2.45, 2.75) is 30.3 Å². The second kappa shape index (κ2) is 6.64. The molecule has 4 rings (SSSR count). The van der Waals surface area contributed by atoms with Crippen LogP contribution in [0.5, 0.6) is 0 Å². The number of nitrogen functional groups attached to an aromatic ring is 1. The second-order valence-corrected chi connectivity index (χ2v) is 8.43. The number of carbonyl (C=O) groups is 3. The van der Waals surface area contributed by atoms with Crippen molar-refractivity contribution < 1.29 is 22.8 Å². The summed E-state index contributed by atoms with van der Waals surface area (Å²) in [7, 11) is -3.98. The lowest BCUT2D eigenvalue weighted by Gasteiger charge is -2.29. The summed E-state index contributed by atoms with van der Waals surface area (Å²) in [6.45, 7) is 0.221. The molecular formula is C18H17N5O5S. The van der Waals surface area contributed by atoms with Crippen molar-refractivity contribution >= 4 is 33.6 Å². The van der Waals surface area contributed by atoms with E-state index in [4.69, 9.17) is 10.9 Å². The average Bonchev–Trinajstić information content (AvgIpc) is 2.96. The number of amides is 3. The summed E-state index contributed by atoms with van der Waals surface area (Å²) in [4.78, 5) is 41.5. The van der Waals surface area contributed by atoms with Gasteiger partial charge in [-0.05, 0) is 36.2 Å². The monoisotopic (exact) mass is 415 g/mol. The van der Waals surface area contributed by atoms with Gasteiger partial charge in [-0.25, -0.2) is 18.5 Å². The molecule has 0 aliphatic carbocycles. The van der Waals surface area contributed by atoms with Crippen LogP contribution in [0.4, 0.5) is 5.82 Å². The minimum atomic E-state index is -3.98. The van der Waals surface area contributed by atoms with Gasteiger partial charge in [-0.1, -0.05) is 6.07 Å². The zero-order valence-electron chi connectivity index (χ0n) is 15.1. The van der Waals surface area contributed by atoms with Crippen LogP contribution >= 0.6 is 0 Å². The second-order valence-electron chi connectivity index (χ2n) is 6.90. The fourth-order valence-electron chi connectivity index (χ4n) is 3.60. The van der Waals surface area contributed by atoms with Gasteiger partial charge in [0, 0.05) is 24.1 Å². The molecule has 0 saturated carbocycles. The van der Waals surface area contributed by atoms with Crippen LogP contribution in [-0.4, -0.2) is 42.1 Å². The zero-order valence-corrected chi connectivity index (χ0v) is 15.9. The quantitative estimate of drug-likeness (QED) is 0.581. The minimum absolute atomic E-state index is 0.182. The van der Waals surface area contributed by atoms with E-state index in [0.29, 0.717) is 22.4 Å². The van der Waals surface area contributed by atoms with Gasteiger partial charge in [0.2, 0.25) is 21.8 Å². The number of primary sulfonamides is 1. The third-order valence-corrected chi connectivity index (χ3v) is 5.97. The van der Waals surface area contributed by atoms with Crippen LogP contribution in [0.25, 0.3) is 11.3 Å². The van der Waals surface area contributed by atoms with Gasteiger partial charge in [-0.3, -0.25) is 19.7 Å². The van der Waals surface area contributed by atoms with Gasteiger partial charge in [-0.15, -0.1) is 0 Å². The molecular weight excluding hydrogens is 398 g/mol. The molecule has 1 unspecified atom stereocenters. The van der Waals surface area contributed by atoms with Crippen LogP contribution in [0.15, 0.2) is 35.2 Å². The molecule has 3 heterocycles. The molecule has 1 atom stereocenters. The summed E-state index contributed by atoms with van der Waals surface area (Å²) in [5.41, 5.74) is 7.94. The first-order chi connectivity index (χ1) is 13.6. The number of nitrogens with one attached hydrogen (secondary N) is 1. The standard InChI is InChI=1S/C18H17N5O5S/c19-16-14(29(20,27)28)5-3-12(21-16)9-1-2-11-10(7-9)8-23(18(11)26)13-4-6-15(24)22-17(13)25/h1-3,5,7,13H,4,6,8H2,(H2,19,21)(H2,20,27,28)(H,22,24,25). The molecule has 2 aliphatic rings. The van der Waals surface area contributed by atoms with Gasteiger partial charge in [0.1, 0.15) is 16.8 Å². The topological polar surface area (TPSA) is 166 Å². The fourth-order valence-corrected chi connectivity index (χ4v) is 4.19. The minimum Gasteiger partial charge on any atom is -0.383 e. The van der Waals surface area contributed by atoms with E-state index in [1.807, 2.05) is 0 Å². The van der Waals surface area contributed by atoms with Gasteiger partial charge >= 0.3 is 0 Å². The Labute approximate surface area is 165 Å². The third-order valence-electron chi connectivity index (χ3n) is 5.01. The molecule has 10 nitrogen and oxygen atoms in total. The maximum atomic E-state index is 12.7. The number of nitrogens with zero attached hydrogens (tertiary/aromatic N) is 2. The number of pyridine rings is 1. The molecule has 1 aromatic carbocycles. The molecule has 2 aromatic rings. The number of imide groups is 1. The van der Waals surface area contributed by atoms with E-state index in [2.05, 4.69) is 10.3 Å². The van der Waals surface area contributed by atoms with Crippen LogP contribution in [0.2, 0.25) is 0 Å². The zero-order chi connectivity index (χ0) is 20.9. The van der Waals surface area contributed by atoms with Crippen molar-refractivity contribution in [3.05, 3.63) is 41.5 Å². The van der Waals surface area contributed by atoms with Crippen LogP contribution in [0.3, 0.4) is 0 Å². The number of piperidine rings is 1. The molecule has 3 amide bonds. The number of hydrogen-bond acceptors (Lipinski definition) is 7. The van der Waals surface area contributed by atoms with Crippen molar-refractivity contribution in [1.29, 1.82) is 0 Å². The number of sulfonamides is 1. The summed E-state index contributed by atoms with van der Waals surface area (Å²) in [6, 6.07) is 7.11. The first kappa shape index (κ1) is 19.0. The van der Waals surface area contributed by atoms with Gasteiger partial charge in [0.05, 0.1) is 5.69 Å². The van der Waals surface area contributed by atoms with Crippen LogP contribution < -0.4 is 16.2 Å². The normalized spacial score (nSPS) is 19.3. The molecule has 1 aromatic heterocycles. The van der Waals surface area contributed by atoms with E-state index in [-0.39, 0.29) is 41.9 Å². The fraction of sp³-hybridized carbons (Fsp3) is 0.222. The molecule has 0 bridgehead atoms. The molecule has 0 spiro atoms. The van der Waals surface area contributed by atoms with Crippen molar-refractivity contribution in [3.63, 3.8) is 0 Å². The molecule has 5 N–H and O–H groups in total. The van der Waals surface area contributed by atoms with E-state index in [1.165, 1.54) is 17.0 Å². The SMILES string of the molecule is Nc1nc(-c2ccc3c(c2)CN(C2CCC(=O)NC2=O)C3=O)ccc1S(N)(=O)=O. The van der Waals surface area contributed by atoms with Crippen LogP contribution in [-0.2, 0) is 26.2 Å². The number of carbonyl (C=O) groups excluding carboxylic acids is 3. The first-order valence-electron chi connectivity index (χ1n) is 8.72. The first-order valence-corrected chi connectivity index (χ1v) is 10.3. The molecule has 1 saturated heterocycles. The lowest BCUT2D eigenvalue weighted by molar-refractivity contribution is -0.136. The van der Waals surface area contributed by atoms with Crippen molar-refractivity contribution in [1.82, 2.24) is 15.2 Å². The molecule has 0 radical (unpaired) electrons. The maximum absolute atomic E-state index is 12.7. The Balaban J connectivity index is 1.64. The maximum Gasteiger partial charge on any atom is 0.255 e. The molecule has 1 fully saturated rings. The number of benzene rings is 1. The summed E-state index contributed by atoms with van der Waals surface area (Å²) in [5, 5.41) is 7.36. The molecule has 29 heavy (non-hydrogen) atoms. The lowest BCUT2D eigenvalue weighted by Crippen LogP contribution is -2.52. The van der Waals surface area contributed by atoms with E-state index in [0.717, 1.165) is 0 Å². The van der Waals surface area contributed by atoms with Crippen LogP contribution in [0, 0.1) is 0 Å². The number of fused-ring (bicyclic) bond motifs is 1. The largest absolute Gasteiger partial charge is 0.383 e. The van der Waals surface area contributed by atoms with E-state index >= 15 is 0 Å². The average molecular weight is 415 g/mol. The number of hydrogen-bond donors (Lipinski definition) is 3. The van der Waals surface area contributed by atoms with E-state index in [1.54, 1.807) is 18.2 Å². The van der Waals surface area contributed by atoms with Gasteiger partial charge < -0.3 is 10.6 Å². The Morgan fingerprint density at radius 1 is 1.14 bits per heavy atom. The summed E-state index contributed by atoms with van der Waals surface area (Å²) in [5.74, 6) is -1.32. The highest BCUT2D eigenvalue weighted by Crippen LogP contribution is 2.31. The number of rotatable bonds is 3. The summed E-state index contributed by atoms with van der Waals surface area (Å²) >= 11 is 0. The molecule has 11 heteroatoms. The van der Waals surface area contributed by atoms with Gasteiger partial charge in [-0.2, -0.15) is 0 Å². The van der Waals surface area contributed by atoms with Crippen LogP contribution in [0.1, 0.15) is 28.8 Å². The Morgan fingerprint density at radius 3 is 2.55 bits per heavy atom. The highest BCUT2D eigenvalue weighted by molar-refractivity contribution is 7.89. The van der Waals surface area contributed by atoms with Crippen molar-refractivity contribution in [2.75, 3.05) is 5.73 Å². The lowest BCUT2D eigenvalue weighted by atomic mass is 10.0. The summed E-state index contributed by atoms with van der Waals surface area (Å²) in [6.07, 6.45) is 0.464. The third kappa shape index (κ3) is 3.34. The Hall–Kier alpha value is -3.31. The smallest absolute Gasteiger partial charge is 0.255 e. The predicted molar refractivity (Wildman–Crippen MR) is 102 cm³/mol. The number of nitrogens with two attached hydrogens (primary N) is 2. The Kier molecular flexibility index (Phi) is 4.35. The van der Waals surface area contributed by atoms with E-state index < -0.39 is 22.0 Å². The number of anilines is 1. The number of aromatic nitrogens is 1. The van der Waals surface area contributed by atoms with Crippen molar-refractivity contribution in [3.8, 4) is 11.3 Å². The highest BCUT2D eigenvalue weighted by Gasteiger charge is 2.39. The Morgan fingerprint density at radius 2 is 1.90 bits per heavy atom. The predicted octanol–water partition coefficient (Wildman–Crippen LogP) is -0.261. The Bertz CT molecular complexity index is 1180. The highest BCUT2D eigenvalue weighted by atomic mass is 32.2. The van der Waals surface area contributed by atoms with Gasteiger partial charge in [0.25, 0.3) is 5.91 Å². The molecule has 2 aliphatic heterocycles. The van der Waals surface area contributed by atoms with Gasteiger partial charge in [0.15, 0.2) is 0 Å². The van der Waals surface area contributed by atoms with Crippen molar-refractivity contribution in [2.24, 2.45) is 5.14 Å². The summed E-state index contributed by atoms with van der Waals surface area (Å²) < 4.78 is 23.0.